The summed E-state index contributed by atoms with van der Waals surface area (Å²) in [5.41, 5.74) is 3.67. The number of carboxylic acids is 2. The molecule has 0 radical (unpaired) electrons. The van der Waals surface area contributed by atoms with Gasteiger partial charge in [-0.25, -0.2) is 9.59 Å². The van der Waals surface area contributed by atoms with E-state index in [9.17, 15) is 0 Å². The van der Waals surface area contributed by atoms with Gasteiger partial charge < -0.3 is 25.0 Å². The first kappa shape index (κ1) is 24.4. The molecule has 32 heavy (non-hydrogen) atoms. The van der Waals surface area contributed by atoms with Crippen molar-refractivity contribution in [1.29, 1.82) is 0 Å². The standard InChI is InChI=1S/C23H25NO2.C2H2O4/c1-25-22-15-9-14-20(23(22)26-2)17-24-21(19-12-7-4-8-13-19)16-18-10-5-3-6-11-18;3-1(4)2(5)6/h3-15,21,24H,16-17H2,1-2H3;(H,3,4)(H,5,6). The average molecular weight is 437 g/mol. The number of ether oxygens (including phenoxy) is 2. The minimum atomic E-state index is -1.82. The first-order valence-corrected chi connectivity index (χ1v) is 9.94. The van der Waals surface area contributed by atoms with Gasteiger partial charge in [0, 0.05) is 18.2 Å². The molecule has 0 aliphatic rings. The van der Waals surface area contributed by atoms with Crippen molar-refractivity contribution in [2.45, 2.75) is 19.0 Å². The van der Waals surface area contributed by atoms with E-state index >= 15 is 0 Å². The number of methoxy groups -OCH3 is 2. The van der Waals surface area contributed by atoms with Crippen LogP contribution < -0.4 is 14.8 Å². The summed E-state index contributed by atoms with van der Waals surface area (Å²) >= 11 is 0. The summed E-state index contributed by atoms with van der Waals surface area (Å²) in [6.07, 6.45) is 0.928. The van der Waals surface area contributed by atoms with Gasteiger partial charge in [0.2, 0.25) is 0 Å². The van der Waals surface area contributed by atoms with Gasteiger partial charge in [-0.15, -0.1) is 0 Å². The molecule has 1 unspecified atom stereocenters. The summed E-state index contributed by atoms with van der Waals surface area (Å²) in [5, 5.41) is 18.5. The Kier molecular flexibility index (Phi) is 9.74. The highest BCUT2D eigenvalue weighted by molar-refractivity contribution is 6.27. The van der Waals surface area contributed by atoms with E-state index in [0.717, 1.165) is 23.5 Å². The molecule has 0 spiro atoms. The lowest BCUT2D eigenvalue weighted by Crippen LogP contribution is -2.23. The summed E-state index contributed by atoms with van der Waals surface area (Å²) in [5.74, 6) is -2.11. The second kappa shape index (κ2) is 12.8. The fourth-order valence-electron chi connectivity index (χ4n) is 3.17. The fraction of sp³-hybridized carbons (Fsp3) is 0.200. The molecule has 0 aliphatic carbocycles. The third-order valence-electron chi connectivity index (χ3n) is 4.69. The first-order chi connectivity index (χ1) is 15.5. The normalized spacial score (nSPS) is 10.9. The molecule has 0 fully saturated rings. The van der Waals surface area contributed by atoms with Crippen LogP contribution in [-0.2, 0) is 22.6 Å². The lowest BCUT2D eigenvalue weighted by molar-refractivity contribution is -0.159. The summed E-state index contributed by atoms with van der Waals surface area (Å²) in [6.45, 7) is 0.701. The van der Waals surface area contributed by atoms with Crippen LogP contribution in [0, 0.1) is 0 Å². The van der Waals surface area contributed by atoms with E-state index in [1.54, 1.807) is 14.2 Å². The molecule has 0 aliphatic heterocycles. The maximum atomic E-state index is 9.10. The predicted molar refractivity (Wildman–Crippen MR) is 121 cm³/mol. The zero-order valence-electron chi connectivity index (χ0n) is 18.0. The molecule has 7 nitrogen and oxygen atoms in total. The molecular weight excluding hydrogens is 410 g/mol. The number of aliphatic carboxylic acids is 2. The van der Waals surface area contributed by atoms with Crippen LogP contribution in [0.1, 0.15) is 22.7 Å². The highest BCUT2D eigenvalue weighted by Gasteiger charge is 2.14. The third kappa shape index (κ3) is 7.45. The Morgan fingerprint density at radius 3 is 1.94 bits per heavy atom. The molecule has 3 aromatic carbocycles. The van der Waals surface area contributed by atoms with Gasteiger partial charge in [0.05, 0.1) is 14.2 Å². The highest BCUT2D eigenvalue weighted by atomic mass is 16.5. The van der Waals surface area contributed by atoms with Crippen LogP contribution in [0.3, 0.4) is 0 Å². The Hall–Kier alpha value is -3.84. The van der Waals surface area contributed by atoms with Gasteiger partial charge >= 0.3 is 11.9 Å². The topological polar surface area (TPSA) is 105 Å². The number of para-hydroxylation sites is 1. The second-order valence-corrected chi connectivity index (χ2v) is 6.80. The Bertz CT molecular complexity index is 980. The Labute approximate surface area is 187 Å². The monoisotopic (exact) mass is 437 g/mol. The van der Waals surface area contributed by atoms with Gasteiger partial charge in [-0.3, -0.25) is 0 Å². The zero-order valence-corrected chi connectivity index (χ0v) is 18.0. The van der Waals surface area contributed by atoms with Crippen LogP contribution >= 0.6 is 0 Å². The highest BCUT2D eigenvalue weighted by Crippen LogP contribution is 2.31. The minimum Gasteiger partial charge on any atom is -0.493 e. The molecule has 7 heteroatoms. The molecule has 0 aromatic heterocycles. The van der Waals surface area contributed by atoms with Gasteiger partial charge in [0.1, 0.15) is 0 Å². The van der Waals surface area contributed by atoms with E-state index in [2.05, 4.69) is 66.0 Å². The van der Waals surface area contributed by atoms with Crippen molar-refractivity contribution in [1.82, 2.24) is 5.32 Å². The zero-order chi connectivity index (χ0) is 23.3. The SMILES string of the molecule is COc1cccc(CNC(Cc2ccccc2)c2ccccc2)c1OC.O=C(O)C(=O)O. The lowest BCUT2D eigenvalue weighted by Gasteiger charge is -2.21. The maximum Gasteiger partial charge on any atom is 0.414 e. The van der Waals surface area contributed by atoms with Crippen molar-refractivity contribution in [3.8, 4) is 11.5 Å². The van der Waals surface area contributed by atoms with Gasteiger partial charge in [-0.1, -0.05) is 72.8 Å². The van der Waals surface area contributed by atoms with Crippen molar-refractivity contribution in [3.05, 3.63) is 95.6 Å². The molecule has 0 heterocycles. The molecule has 0 bridgehead atoms. The van der Waals surface area contributed by atoms with Crippen molar-refractivity contribution in [2.75, 3.05) is 14.2 Å². The van der Waals surface area contributed by atoms with Crippen LogP contribution in [0.25, 0.3) is 0 Å². The Balaban J connectivity index is 0.000000534. The number of benzene rings is 3. The van der Waals surface area contributed by atoms with Gasteiger partial charge in [0.25, 0.3) is 0 Å². The minimum absolute atomic E-state index is 0.217. The largest absolute Gasteiger partial charge is 0.493 e. The number of hydrogen-bond acceptors (Lipinski definition) is 5. The third-order valence-corrected chi connectivity index (χ3v) is 4.69. The maximum absolute atomic E-state index is 9.10. The van der Waals surface area contributed by atoms with Crippen molar-refractivity contribution in [3.63, 3.8) is 0 Å². The average Bonchev–Trinajstić information content (AvgIpc) is 2.82. The molecule has 3 rings (SSSR count). The van der Waals surface area contributed by atoms with E-state index in [4.69, 9.17) is 29.3 Å². The predicted octanol–water partition coefficient (Wildman–Crippen LogP) is 3.93. The van der Waals surface area contributed by atoms with Crippen LogP contribution in [0.2, 0.25) is 0 Å². The Morgan fingerprint density at radius 2 is 1.41 bits per heavy atom. The van der Waals surface area contributed by atoms with Gasteiger partial charge in [-0.05, 0) is 23.6 Å². The summed E-state index contributed by atoms with van der Waals surface area (Å²) in [7, 11) is 3.34. The lowest BCUT2D eigenvalue weighted by atomic mass is 9.98. The molecule has 3 aromatic rings. The number of carbonyl (C=O) groups is 2. The van der Waals surface area contributed by atoms with Crippen molar-refractivity contribution < 1.29 is 29.3 Å². The summed E-state index contributed by atoms with van der Waals surface area (Å²) in [6, 6.07) is 27.3. The van der Waals surface area contributed by atoms with Crippen molar-refractivity contribution in [2.24, 2.45) is 0 Å². The van der Waals surface area contributed by atoms with Crippen LogP contribution in [-0.4, -0.2) is 36.4 Å². The van der Waals surface area contributed by atoms with Gasteiger partial charge in [-0.2, -0.15) is 0 Å². The Morgan fingerprint density at radius 1 is 0.812 bits per heavy atom. The molecule has 3 N–H and O–H groups in total. The van der Waals surface area contributed by atoms with E-state index in [1.165, 1.54) is 11.1 Å². The molecular formula is C25H27NO6. The first-order valence-electron chi connectivity index (χ1n) is 9.94. The summed E-state index contributed by atoms with van der Waals surface area (Å²) < 4.78 is 11.0. The quantitative estimate of drug-likeness (QED) is 0.459. The van der Waals surface area contributed by atoms with Crippen LogP contribution in [0.5, 0.6) is 11.5 Å². The molecule has 0 amide bonds. The van der Waals surface area contributed by atoms with Crippen LogP contribution in [0.15, 0.2) is 78.9 Å². The molecule has 0 saturated heterocycles. The number of carboxylic acid groups (broad SMARTS) is 2. The molecule has 168 valence electrons. The number of nitrogens with one attached hydrogen (secondary N) is 1. The van der Waals surface area contributed by atoms with Gasteiger partial charge in [0.15, 0.2) is 11.5 Å². The smallest absolute Gasteiger partial charge is 0.414 e. The summed E-state index contributed by atoms with van der Waals surface area (Å²) in [4.78, 5) is 18.2. The van der Waals surface area contributed by atoms with E-state index in [-0.39, 0.29) is 6.04 Å². The second-order valence-electron chi connectivity index (χ2n) is 6.80. The molecule has 1 atom stereocenters. The van der Waals surface area contributed by atoms with E-state index in [1.807, 2.05) is 18.2 Å². The van der Waals surface area contributed by atoms with Crippen LogP contribution in [0.4, 0.5) is 0 Å². The fourth-order valence-corrected chi connectivity index (χ4v) is 3.17. The van der Waals surface area contributed by atoms with E-state index in [0.29, 0.717) is 6.54 Å². The number of rotatable bonds is 8. The van der Waals surface area contributed by atoms with E-state index < -0.39 is 11.9 Å². The number of hydrogen-bond donors (Lipinski definition) is 3. The molecule has 0 saturated carbocycles. The van der Waals surface area contributed by atoms with Crippen molar-refractivity contribution >= 4 is 11.9 Å².